The lowest BCUT2D eigenvalue weighted by molar-refractivity contribution is -0.115. The Balaban J connectivity index is 4.15. The van der Waals surface area contributed by atoms with Crippen LogP contribution in [0.5, 0.6) is 0 Å². The molecule has 0 aromatic carbocycles. The standard InChI is InChI=1S/C17H30O/c1-4-7-9-10-11-12-15-16(14-8-5-2)17(18)13-6-3/h12,14-15H,4-11,13H2,1-3H3. The molecule has 0 saturated carbocycles. The summed E-state index contributed by atoms with van der Waals surface area (Å²) in [6, 6.07) is 0. The van der Waals surface area contributed by atoms with Gasteiger partial charge in [-0.3, -0.25) is 4.79 Å². The van der Waals surface area contributed by atoms with E-state index < -0.39 is 0 Å². The molecule has 0 aromatic heterocycles. The summed E-state index contributed by atoms with van der Waals surface area (Å²) in [7, 11) is 0. The van der Waals surface area contributed by atoms with E-state index in [0.717, 1.165) is 31.3 Å². The normalized spacial score (nSPS) is 12.3. The molecule has 0 bridgehead atoms. The molecule has 18 heavy (non-hydrogen) atoms. The van der Waals surface area contributed by atoms with Gasteiger partial charge >= 0.3 is 0 Å². The highest BCUT2D eigenvalue weighted by Crippen LogP contribution is 2.09. The maximum Gasteiger partial charge on any atom is 0.162 e. The Morgan fingerprint density at radius 1 is 0.889 bits per heavy atom. The highest BCUT2D eigenvalue weighted by molar-refractivity contribution is 5.97. The molecular formula is C17H30O. The average molecular weight is 250 g/mol. The zero-order valence-corrected chi connectivity index (χ0v) is 12.5. The van der Waals surface area contributed by atoms with Crippen molar-refractivity contribution in [3.63, 3.8) is 0 Å². The van der Waals surface area contributed by atoms with Crippen molar-refractivity contribution in [3.05, 3.63) is 23.8 Å². The number of hydrogen-bond donors (Lipinski definition) is 0. The molecule has 0 radical (unpaired) electrons. The van der Waals surface area contributed by atoms with Crippen LogP contribution in [0.25, 0.3) is 0 Å². The van der Waals surface area contributed by atoms with Gasteiger partial charge in [-0.15, -0.1) is 0 Å². The molecule has 0 saturated heterocycles. The van der Waals surface area contributed by atoms with Gasteiger partial charge < -0.3 is 0 Å². The van der Waals surface area contributed by atoms with Gasteiger partial charge in [0.15, 0.2) is 5.78 Å². The molecule has 0 aliphatic carbocycles. The minimum atomic E-state index is 0.302. The highest BCUT2D eigenvalue weighted by atomic mass is 16.1. The summed E-state index contributed by atoms with van der Waals surface area (Å²) in [5.74, 6) is 0.302. The molecule has 104 valence electrons. The van der Waals surface area contributed by atoms with E-state index in [1.807, 2.05) is 6.08 Å². The van der Waals surface area contributed by atoms with Crippen LogP contribution in [-0.4, -0.2) is 5.78 Å². The van der Waals surface area contributed by atoms with Gasteiger partial charge in [0.05, 0.1) is 0 Å². The number of carbonyl (C=O) groups excluding carboxylic acids is 1. The number of hydrogen-bond acceptors (Lipinski definition) is 1. The summed E-state index contributed by atoms with van der Waals surface area (Å²) < 4.78 is 0. The lowest BCUT2D eigenvalue weighted by Gasteiger charge is -2.01. The van der Waals surface area contributed by atoms with E-state index in [1.54, 1.807) is 0 Å². The van der Waals surface area contributed by atoms with Gasteiger partial charge in [0, 0.05) is 12.0 Å². The van der Waals surface area contributed by atoms with E-state index >= 15 is 0 Å². The maximum absolute atomic E-state index is 11.9. The third-order valence-electron chi connectivity index (χ3n) is 2.97. The Morgan fingerprint density at radius 3 is 2.28 bits per heavy atom. The van der Waals surface area contributed by atoms with E-state index in [1.165, 1.54) is 25.7 Å². The van der Waals surface area contributed by atoms with Crippen molar-refractivity contribution in [3.8, 4) is 0 Å². The number of carbonyl (C=O) groups is 1. The van der Waals surface area contributed by atoms with Gasteiger partial charge in [0.25, 0.3) is 0 Å². The molecule has 0 N–H and O–H groups in total. The van der Waals surface area contributed by atoms with E-state index in [0.29, 0.717) is 12.2 Å². The summed E-state index contributed by atoms with van der Waals surface area (Å²) in [5.41, 5.74) is 0.925. The van der Waals surface area contributed by atoms with Crippen molar-refractivity contribution in [1.82, 2.24) is 0 Å². The molecule has 0 aliphatic heterocycles. The molecule has 0 aliphatic rings. The number of rotatable bonds is 11. The fourth-order valence-electron chi connectivity index (χ4n) is 1.85. The third kappa shape index (κ3) is 9.21. The lowest BCUT2D eigenvalue weighted by Crippen LogP contribution is -1.99. The summed E-state index contributed by atoms with van der Waals surface area (Å²) in [4.78, 5) is 11.9. The average Bonchev–Trinajstić information content (AvgIpc) is 2.37. The van der Waals surface area contributed by atoms with Gasteiger partial charge in [0.2, 0.25) is 0 Å². The van der Waals surface area contributed by atoms with Crippen molar-refractivity contribution in [2.24, 2.45) is 0 Å². The van der Waals surface area contributed by atoms with Crippen LogP contribution in [0, 0.1) is 0 Å². The third-order valence-corrected chi connectivity index (χ3v) is 2.97. The first-order valence-corrected chi connectivity index (χ1v) is 7.66. The summed E-state index contributed by atoms with van der Waals surface area (Å²) in [6.45, 7) is 6.43. The molecule has 0 aromatic rings. The number of unbranched alkanes of at least 4 members (excludes halogenated alkanes) is 5. The monoisotopic (exact) mass is 250 g/mol. The molecule has 1 heteroatoms. The fourth-order valence-corrected chi connectivity index (χ4v) is 1.85. The Morgan fingerprint density at radius 2 is 1.67 bits per heavy atom. The van der Waals surface area contributed by atoms with Crippen molar-refractivity contribution in [2.75, 3.05) is 0 Å². The molecule has 1 nitrogen and oxygen atoms in total. The molecule has 0 atom stereocenters. The topological polar surface area (TPSA) is 17.1 Å². The van der Waals surface area contributed by atoms with Crippen LogP contribution in [0.4, 0.5) is 0 Å². The van der Waals surface area contributed by atoms with Crippen molar-refractivity contribution in [1.29, 1.82) is 0 Å². The van der Waals surface area contributed by atoms with Gasteiger partial charge in [0.1, 0.15) is 0 Å². The minimum absolute atomic E-state index is 0.302. The SMILES string of the molecule is CCCC=C(C=CCCCCCC)C(=O)CCC. The van der Waals surface area contributed by atoms with Gasteiger partial charge in [-0.1, -0.05) is 64.7 Å². The Labute approximate surface area is 113 Å². The Hall–Kier alpha value is -0.850. The Kier molecular flexibility index (Phi) is 12.0. The van der Waals surface area contributed by atoms with Crippen LogP contribution >= 0.6 is 0 Å². The molecule has 0 amide bonds. The van der Waals surface area contributed by atoms with E-state index in [4.69, 9.17) is 0 Å². The molecule has 0 unspecified atom stereocenters. The first kappa shape index (κ1) is 17.2. The predicted octanol–water partition coefficient (Wildman–Crippen LogP) is 5.61. The molecular weight excluding hydrogens is 220 g/mol. The van der Waals surface area contributed by atoms with Crippen LogP contribution in [0.3, 0.4) is 0 Å². The fraction of sp³-hybridized carbons (Fsp3) is 0.706. The molecule has 0 rings (SSSR count). The van der Waals surface area contributed by atoms with Gasteiger partial charge in [-0.2, -0.15) is 0 Å². The Bertz CT molecular complexity index is 261. The largest absolute Gasteiger partial charge is 0.294 e. The number of Topliss-reactive ketones (excluding diaryl/α,β-unsaturated/α-hetero) is 1. The number of ketones is 1. The maximum atomic E-state index is 11.9. The van der Waals surface area contributed by atoms with Crippen LogP contribution < -0.4 is 0 Å². The summed E-state index contributed by atoms with van der Waals surface area (Å²) >= 11 is 0. The zero-order valence-electron chi connectivity index (χ0n) is 12.5. The van der Waals surface area contributed by atoms with Crippen LogP contribution in [0.2, 0.25) is 0 Å². The molecule has 0 spiro atoms. The molecule has 0 fully saturated rings. The van der Waals surface area contributed by atoms with Crippen LogP contribution in [-0.2, 0) is 4.79 Å². The first-order chi connectivity index (χ1) is 8.76. The highest BCUT2D eigenvalue weighted by Gasteiger charge is 2.03. The second-order valence-electron chi connectivity index (χ2n) is 4.87. The van der Waals surface area contributed by atoms with Crippen molar-refractivity contribution >= 4 is 5.78 Å². The van der Waals surface area contributed by atoms with Crippen LogP contribution in [0.1, 0.15) is 78.6 Å². The van der Waals surface area contributed by atoms with E-state index in [-0.39, 0.29) is 0 Å². The van der Waals surface area contributed by atoms with Crippen molar-refractivity contribution < 1.29 is 4.79 Å². The summed E-state index contributed by atoms with van der Waals surface area (Å²) in [5, 5.41) is 0. The van der Waals surface area contributed by atoms with Gasteiger partial charge in [-0.25, -0.2) is 0 Å². The smallest absolute Gasteiger partial charge is 0.162 e. The molecule has 0 heterocycles. The number of allylic oxidation sites excluding steroid dienone is 4. The summed E-state index contributed by atoms with van der Waals surface area (Å²) in [6.07, 6.45) is 16.3. The predicted molar refractivity (Wildman–Crippen MR) is 80.8 cm³/mol. The van der Waals surface area contributed by atoms with E-state index in [9.17, 15) is 4.79 Å². The quantitative estimate of drug-likeness (QED) is 0.265. The lowest BCUT2D eigenvalue weighted by atomic mass is 10.0. The van der Waals surface area contributed by atoms with Crippen LogP contribution in [0.15, 0.2) is 23.8 Å². The zero-order chi connectivity index (χ0) is 13.6. The minimum Gasteiger partial charge on any atom is -0.294 e. The van der Waals surface area contributed by atoms with Gasteiger partial charge in [-0.05, 0) is 25.7 Å². The van der Waals surface area contributed by atoms with Crippen molar-refractivity contribution in [2.45, 2.75) is 78.6 Å². The van der Waals surface area contributed by atoms with E-state index in [2.05, 4.69) is 32.9 Å². The second kappa shape index (κ2) is 12.6. The second-order valence-corrected chi connectivity index (χ2v) is 4.87. The first-order valence-electron chi connectivity index (χ1n) is 7.66.